The highest BCUT2D eigenvalue weighted by molar-refractivity contribution is 6.00. The number of hydrogen-bond donors (Lipinski definition) is 0. The Bertz CT molecular complexity index is 1030. The number of carbonyl (C=O) groups is 2. The Hall–Kier alpha value is -3.54. The molecule has 0 unspecified atom stereocenters. The number of rotatable bonds is 8. The molecule has 0 saturated carbocycles. The molecule has 0 saturated heterocycles. The highest BCUT2D eigenvalue weighted by atomic mass is 16.5. The lowest BCUT2D eigenvalue weighted by atomic mass is 9.83. The molecule has 1 aliphatic rings. The molecule has 33 heavy (non-hydrogen) atoms. The molecule has 0 spiro atoms. The molecule has 0 bridgehead atoms. The summed E-state index contributed by atoms with van der Waals surface area (Å²) in [5, 5.41) is 0. The van der Waals surface area contributed by atoms with Gasteiger partial charge < -0.3 is 19.1 Å². The third kappa shape index (κ3) is 5.64. The van der Waals surface area contributed by atoms with E-state index in [1.165, 1.54) is 0 Å². The lowest BCUT2D eigenvalue weighted by molar-refractivity contribution is -0.139. The van der Waals surface area contributed by atoms with Gasteiger partial charge in [-0.1, -0.05) is 18.2 Å². The number of aryl methyl sites for hydroxylation is 2. The van der Waals surface area contributed by atoms with Crippen LogP contribution in [0.2, 0.25) is 0 Å². The second-order valence-corrected chi connectivity index (χ2v) is 7.80. The van der Waals surface area contributed by atoms with Crippen LogP contribution in [-0.4, -0.2) is 31.8 Å². The first-order valence-electron chi connectivity index (χ1n) is 11.2. The van der Waals surface area contributed by atoms with Crippen LogP contribution in [0.4, 0.5) is 5.69 Å². The normalized spacial score (nSPS) is 13.8. The van der Waals surface area contributed by atoms with E-state index in [1.54, 1.807) is 31.1 Å². The van der Waals surface area contributed by atoms with Gasteiger partial charge in [-0.05, 0) is 75.6 Å². The Morgan fingerprint density at radius 2 is 1.39 bits per heavy atom. The molecule has 3 rings (SSSR count). The fourth-order valence-electron chi connectivity index (χ4n) is 3.98. The van der Waals surface area contributed by atoms with E-state index in [2.05, 4.69) is 6.07 Å². The molecule has 1 aliphatic heterocycles. The number of nitrogens with zero attached hydrogens (tertiary/aromatic N) is 1. The molecular weight excluding hydrogens is 418 g/mol. The standard InChI is InChI=1S/C27H31NO5/c1-6-31-22-11-9-10-20(15-22)25-23(26(29)32-7-2)16-28(17-24(25)27(30)33-8-3)21-13-18(4)12-19(5)14-21/h9-17,25H,6-8H2,1-5H3. The van der Waals surface area contributed by atoms with Crippen LogP contribution < -0.4 is 9.64 Å². The largest absolute Gasteiger partial charge is 0.494 e. The van der Waals surface area contributed by atoms with Gasteiger partial charge in [-0.3, -0.25) is 0 Å². The molecule has 0 fully saturated rings. The summed E-state index contributed by atoms with van der Waals surface area (Å²) >= 11 is 0. The number of anilines is 1. The highest BCUT2D eigenvalue weighted by Gasteiger charge is 2.36. The molecule has 6 nitrogen and oxygen atoms in total. The summed E-state index contributed by atoms with van der Waals surface area (Å²) in [5.41, 5.74) is 4.46. The Balaban J connectivity index is 2.19. The van der Waals surface area contributed by atoms with Crippen LogP contribution in [0.15, 0.2) is 66.0 Å². The van der Waals surface area contributed by atoms with E-state index in [-0.39, 0.29) is 13.2 Å². The summed E-state index contributed by atoms with van der Waals surface area (Å²) in [6, 6.07) is 13.5. The van der Waals surface area contributed by atoms with Gasteiger partial charge in [0.1, 0.15) is 5.75 Å². The second-order valence-electron chi connectivity index (χ2n) is 7.80. The minimum Gasteiger partial charge on any atom is -0.494 e. The maximum absolute atomic E-state index is 13.1. The molecule has 0 atom stereocenters. The highest BCUT2D eigenvalue weighted by Crippen LogP contribution is 2.39. The number of hydrogen-bond acceptors (Lipinski definition) is 6. The summed E-state index contributed by atoms with van der Waals surface area (Å²) in [7, 11) is 0. The SMILES string of the molecule is CCOC(=O)C1=CN(c2cc(C)cc(C)c2)C=C(C(=O)OCC)C1c1cccc(OCC)c1. The average molecular weight is 450 g/mol. The molecule has 1 heterocycles. The Morgan fingerprint density at radius 1 is 0.818 bits per heavy atom. The van der Waals surface area contributed by atoms with Gasteiger partial charge in [0.2, 0.25) is 0 Å². The molecular formula is C27H31NO5. The first-order chi connectivity index (χ1) is 15.9. The van der Waals surface area contributed by atoms with E-state index in [4.69, 9.17) is 14.2 Å². The minimum absolute atomic E-state index is 0.226. The van der Waals surface area contributed by atoms with Gasteiger partial charge in [0, 0.05) is 18.1 Å². The predicted molar refractivity (Wildman–Crippen MR) is 128 cm³/mol. The summed E-state index contributed by atoms with van der Waals surface area (Å²) in [5.74, 6) is -0.939. The van der Waals surface area contributed by atoms with Crippen molar-refractivity contribution >= 4 is 17.6 Å². The van der Waals surface area contributed by atoms with Crippen molar-refractivity contribution in [2.75, 3.05) is 24.7 Å². The first-order valence-corrected chi connectivity index (χ1v) is 11.2. The van der Waals surface area contributed by atoms with Crippen LogP contribution in [0.25, 0.3) is 0 Å². The number of esters is 2. The molecule has 0 amide bonds. The monoisotopic (exact) mass is 449 g/mol. The van der Waals surface area contributed by atoms with Crippen LogP contribution in [0.5, 0.6) is 5.75 Å². The fourth-order valence-corrected chi connectivity index (χ4v) is 3.98. The first kappa shape index (κ1) is 24.1. The second kappa shape index (κ2) is 10.9. The number of carbonyl (C=O) groups excluding carboxylic acids is 2. The van der Waals surface area contributed by atoms with Crippen molar-refractivity contribution in [1.82, 2.24) is 0 Å². The number of ether oxygens (including phenoxy) is 3. The van der Waals surface area contributed by atoms with E-state index in [0.29, 0.717) is 23.5 Å². The summed E-state index contributed by atoms with van der Waals surface area (Å²) in [6.45, 7) is 10.4. The van der Waals surface area contributed by atoms with E-state index < -0.39 is 17.9 Å². The fraction of sp³-hybridized carbons (Fsp3) is 0.333. The molecule has 0 aliphatic carbocycles. The van der Waals surface area contributed by atoms with E-state index in [0.717, 1.165) is 22.4 Å². The van der Waals surface area contributed by atoms with Gasteiger partial charge in [-0.25, -0.2) is 9.59 Å². The van der Waals surface area contributed by atoms with Crippen LogP contribution in [0.1, 0.15) is 43.4 Å². The smallest absolute Gasteiger partial charge is 0.336 e. The molecule has 0 N–H and O–H groups in total. The van der Waals surface area contributed by atoms with Crippen molar-refractivity contribution in [2.24, 2.45) is 0 Å². The zero-order valence-corrected chi connectivity index (χ0v) is 19.9. The average Bonchev–Trinajstić information content (AvgIpc) is 2.78. The van der Waals surface area contributed by atoms with Crippen LogP contribution in [-0.2, 0) is 19.1 Å². The van der Waals surface area contributed by atoms with Gasteiger partial charge in [-0.2, -0.15) is 0 Å². The minimum atomic E-state index is -0.648. The van der Waals surface area contributed by atoms with Crippen molar-refractivity contribution in [3.8, 4) is 5.75 Å². The predicted octanol–water partition coefficient (Wildman–Crippen LogP) is 5.20. The maximum atomic E-state index is 13.1. The van der Waals surface area contributed by atoms with Crippen LogP contribution >= 0.6 is 0 Å². The van der Waals surface area contributed by atoms with Gasteiger partial charge in [0.25, 0.3) is 0 Å². The molecule has 174 valence electrons. The molecule has 6 heteroatoms. The number of benzene rings is 2. The van der Waals surface area contributed by atoms with Crippen LogP contribution in [0.3, 0.4) is 0 Å². The van der Waals surface area contributed by atoms with Gasteiger partial charge in [-0.15, -0.1) is 0 Å². The van der Waals surface area contributed by atoms with Gasteiger partial charge in [0.15, 0.2) is 0 Å². The zero-order valence-electron chi connectivity index (χ0n) is 19.9. The van der Waals surface area contributed by atoms with Gasteiger partial charge >= 0.3 is 11.9 Å². The third-order valence-corrected chi connectivity index (χ3v) is 5.21. The zero-order chi connectivity index (χ0) is 24.0. The summed E-state index contributed by atoms with van der Waals surface area (Å²) < 4.78 is 16.4. The van der Waals surface area contributed by atoms with E-state index in [9.17, 15) is 9.59 Å². The topological polar surface area (TPSA) is 65.1 Å². The van der Waals surface area contributed by atoms with E-state index >= 15 is 0 Å². The van der Waals surface area contributed by atoms with Crippen molar-refractivity contribution in [1.29, 1.82) is 0 Å². The van der Waals surface area contributed by atoms with Gasteiger partial charge in [0.05, 0.1) is 36.9 Å². The Kier molecular flexibility index (Phi) is 7.93. The van der Waals surface area contributed by atoms with Crippen molar-refractivity contribution in [3.05, 3.63) is 82.7 Å². The van der Waals surface area contributed by atoms with Crippen molar-refractivity contribution in [3.63, 3.8) is 0 Å². The molecule has 0 aromatic heterocycles. The molecule has 2 aromatic rings. The summed E-state index contributed by atoms with van der Waals surface area (Å²) in [4.78, 5) is 28.0. The van der Waals surface area contributed by atoms with Crippen molar-refractivity contribution in [2.45, 2.75) is 40.5 Å². The Labute approximate surface area is 195 Å². The van der Waals surface area contributed by atoms with Crippen LogP contribution in [0, 0.1) is 13.8 Å². The lowest BCUT2D eigenvalue weighted by Gasteiger charge is -2.31. The molecule has 0 radical (unpaired) electrons. The van der Waals surface area contributed by atoms with Crippen molar-refractivity contribution < 1.29 is 23.8 Å². The Morgan fingerprint density at radius 3 is 1.91 bits per heavy atom. The van der Waals surface area contributed by atoms with E-state index in [1.807, 2.05) is 57.2 Å². The molecule has 2 aromatic carbocycles. The summed E-state index contributed by atoms with van der Waals surface area (Å²) in [6.07, 6.45) is 3.49. The quantitative estimate of drug-likeness (QED) is 0.516. The third-order valence-electron chi connectivity index (χ3n) is 5.21. The maximum Gasteiger partial charge on any atom is 0.336 e. The lowest BCUT2D eigenvalue weighted by Crippen LogP contribution is -2.29.